The maximum atomic E-state index is 12.7. The number of benzene rings is 1. The smallest absolute Gasteiger partial charge is 0.255 e. The molecule has 1 amide bonds. The standard InChI is InChI=1S/C18H24N2O/c1-3-4-12-20(2)18(21)15-10-7-9-14-13-8-5-6-11-16(13)19-17(14)15/h7,9-10,19H,3-6,8,11-12H2,1-2H3. The summed E-state index contributed by atoms with van der Waals surface area (Å²) in [6.07, 6.45) is 6.92. The van der Waals surface area contributed by atoms with Crippen molar-refractivity contribution in [1.29, 1.82) is 0 Å². The first kappa shape index (κ1) is 14.2. The Balaban J connectivity index is 1.99. The molecule has 1 aliphatic carbocycles. The fourth-order valence-corrected chi connectivity index (χ4v) is 3.31. The second-order valence-electron chi connectivity index (χ2n) is 6.10. The molecule has 1 heterocycles. The highest BCUT2D eigenvalue weighted by Crippen LogP contribution is 2.31. The van der Waals surface area contributed by atoms with E-state index in [1.54, 1.807) is 0 Å². The molecule has 21 heavy (non-hydrogen) atoms. The molecule has 3 heteroatoms. The van der Waals surface area contributed by atoms with Gasteiger partial charge in [0.25, 0.3) is 5.91 Å². The van der Waals surface area contributed by atoms with Crippen molar-refractivity contribution in [2.75, 3.05) is 13.6 Å². The zero-order chi connectivity index (χ0) is 14.8. The Bertz CT molecular complexity index is 657. The second kappa shape index (κ2) is 5.92. The Hall–Kier alpha value is -1.77. The maximum Gasteiger partial charge on any atom is 0.255 e. The van der Waals surface area contributed by atoms with Crippen LogP contribution in [-0.4, -0.2) is 29.4 Å². The minimum absolute atomic E-state index is 0.132. The molecule has 0 fully saturated rings. The van der Waals surface area contributed by atoms with Crippen LogP contribution < -0.4 is 0 Å². The van der Waals surface area contributed by atoms with Crippen LogP contribution in [-0.2, 0) is 12.8 Å². The second-order valence-corrected chi connectivity index (χ2v) is 6.10. The quantitative estimate of drug-likeness (QED) is 0.907. The lowest BCUT2D eigenvalue weighted by Gasteiger charge is -2.17. The number of nitrogens with one attached hydrogen (secondary N) is 1. The Morgan fingerprint density at radius 2 is 2.10 bits per heavy atom. The molecule has 0 radical (unpaired) electrons. The van der Waals surface area contributed by atoms with Gasteiger partial charge in [0.05, 0.1) is 11.1 Å². The molecule has 0 saturated heterocycles. The molecular formula is C18H24N2O. The Morgan fingerprint density at radius 3 is 2.90 bits per heavy atom. The monoisotopic (exact) mass is 284 g/mol. The molecule has 1 N–H and O–H groups in total. The Morgan fingerprint density at radius 1 is 1.29 bits per heavy atom. The number of hydrogen-bond donors (Lipinski definition) is 1. The van der Waals surface area contributed by atoms with Gasteiger partial charge in [0, 0.05) is 24.7 Å². The zero-order valence-corrected chi connectivity index (χ0v) is 13.0. The summed E-state index contributed by atoms with van der Waals surface area (Å²) in [7, 11) is 1.90. The van der Waals surface area contributed by atoms with Crippen LogP contribution in [0.2, 0.25) is 0 Å². The van der Waals surface area contributed by atoms with Gasteiger partial charge in [-0.3, -0.25) is 4.79 Å². The van der Waals surface area contributed by atoms with Crippen molar-refractivity contribution >= 4 is 16.8 Å². The van der Waals surface area contributed by atoms with E-state index in [1.165, 1.54) is 29.5 Å². The van der Waals surface area contributed by atoms with Gasteiger partial charge in [-0.25, -0.2) is 0 Å². The normalized spacial score (nSPS) is 14.2. The number of unbranched alkanes of at least 4 members (excludes halogenated alkanes) is 1. The summed E-state index contributed by atoms with van der Waals surface area (Å²) >= 11 is 0. The first-order valence-corrected chi connectivity index (χ1v) is 8.10. The summed E-state index contributed by atoms with van der Waals surface area (Å²) in [5, 5.41) is 1.25. The van der Waals surface area contributed by atoms with Gasteiger partial charge in [-0.05, 0) is 43.7 Å². The van der Waals surface area contributed by atoms with Crippen LogP contribution in [0.25, 0.3) is 10.9 Å². The fraction of sp³-hybridized carbons (Fsp3) is 0.500. The molecule has 112 valence electrons. The average Bonchev–Trinajstić information content (AvgIpc) is 2.90. The fourth-order valence-electron chi connectivity index (χ4n) is 3.31. The van der Waals surface area contributed by atoms with E-state index in [2.05, 4.69) is 18.0 Å². The molecule has 0 atom stereocenters. The third-order valence-corrected chi connectivity index (χ3v) is 4.56. The van der Waals surface area contributed by atoms with Crippen LogP contribution >= 0.6 is 0 Å². The van der Waals surface area contributed by atoms with Crippen LogP contribution in [0.4, 0.5) is 0 Å². The van der Waals surface area contributed by atoms with Crippen molar-refractivity contribution in [2.24, 2.45) is 0 Å². The van der Waals surface area contributed by atoms with Gasteiger partial charge in [-0.2, -0.15) is 0 Å². The van der Waals surface area contributed by atoms with Gasteiger partial charge in [-0.15, -0.1) is 0 Å². The van der Waals surface area contributed by atoms with Crippen molar-refractivity contribution in [3.63, 3.8) is 0 Å². The number of amides is 1. The average molecular weight is 284 g/mol. The van der Waals surface area contributed by atoms with Crippen molar-refractivity contribution in [1.82, 2.24) is 9.88 Å². The lowest BCUT2D eigenvalue weighted by molar-refractivity contribution is 0.0795. The summed E-state index contributed by atoms with van der Waals surface area (Å²) in [6.45, 7) is 2.98. The van der Waals surface area contributed by atoms with Gasteiger partial charge in [0.2, 0.25) is 0 Å². The topological polar surface area (TPSA) is 36.1 Å². The summed E-state index contributed by atoms with van der Waals surface area (Å²) < 4.78 is 0. The van der Waals surface area contributed by atoms with Crippen molar-refractivity contribution in [3.05, 3.63) is 35.0 Å². The summed E-state index contributed by atoms with van der Waals surface area (Å²) in [4.78, 5) is 18.1. The van der Waals surface area contributed by atoms with Gasteiger partial charge in [0.1, 0.15) is 0 Å². The molecule has 1 aliphatic rings. The largest absolute Gasteiger partial charge is 0.358 e. The lowest BCUT2D eigenvalue weighted by Crippen LogP contribution is -2.27. The van der Waals surface area contributed by atoms with E-state index in [4.69, 9.17) is 0 Å². The minimum Gasteiger partial charge on any atom is -0.358 e. The number of fused-ring (bicyclic) bond motifs is 3. The molecule has 3 nitrogen and oxygen atoms in total. The Labute approximate surface area is 126 Å². The van der Waals surface area contributed by atoms with Crippen LogP contribution in [0.3, 0.4) is 0 Å². The molecule has 1 aromatic carbocycles. The predicted molar refractivity (Wildman–Crippen MR) is 86.8 cm³/mol. The molecule has 3 rings (SSSR count). The first-order chi connectivity index (χ1) is 10.2. The van der Waals surface area contributed by atoms with Gasteiger partial charge >= 0.3 is 0 Å². The van der Waals surface area contributed by atoms with Crippen molar-refractivity contribution in [2.45, 2.75) is 45.4 Å². The maximum absolute atomic E-state index is 12.7. The highest BCUT2D eigenvalue weighted by molar-refractivity contribution is 6.06. The van der Waals surface area contributed by atoms with E-state index >= 15 is 0 Å². The third kappa shape index (κ3) is 2.57. The Kier molecular flexibility index (Phi) is 4.00. The van der Waals surface area contributed by atoms with Gasteiger partial charge in [-0.1, -0.05) is 25.5 Å². The van der Waals surface area contributed by atoms with Crippen molar-refractivity contribution in [3.8, 4) is 0 Å². The van der Waals surface area contributed by atoms with E-state index in [-0.39, 0.29) is 5.91 Å². The number of nitrogens with zero attached hydrogens (tertiary/aromatic N) is 1. The lowest BCUT2D eigenvalue weighted by atomic mass is 9.95. The number of H-pyrrole nitrogens is 1. The van der Waals surface area contributed by atoms with Crippen LogP contribution in [0.5, 0.6) is 0 Å². The predicted octanol–water partition coefficient (Wildman–Crippen LogP) is 3.92. The molecule has 0 spiro atoms. The number of rotatable bonds is 4. The first-order valence-electron chi connectivity index (χ1n) is 8.10. The van der Waals surface area contributed by atoms with E-state index in [0.29, 0.717) is 0 Å². The number of aryl methyl sites for hydroxylation is 2. The summed E-state index contributed by atoms with van der Waals surface area (Å²) in [5.74, 6) is 0.132. The van der Waals surface area contributed by atoms with E-state index in [1.807, 2.05) is 24.1 Å². The molecular weight excluding hydrogens is 260 g/mol. The molecule has 0 bridgehead atoms. The number of aromatic nitrogens is 1. The SMILES string of the molecule is CCCCN(C)C(=O)c1cccc2c3c([nH]c12)CCCC3. The van der Waals surface area contributed by atoms with Crippen LogP contribution in [0.1, 0.15) is 54.2 Å². The third-order valence-electron chi connectivity index (χ3n) is 4.56. The number of para-hydroxylation sites is 1. The summed E-state index contributed by atoms with van der Waals surface area (Å²) in [5.41, 5.74) is 4.63. The highest BCUT2D eigenvalue weighted by Gasteiger charge is 2.20. The minimum atomic E-state index is 0.132. The van der Waals surface area contributed by atoms with E-state index in [0.717, 1.165) is 43.3 Å². The van der Waals surface area contributed by atoms with E-state index < -0.39 is 0 Å². The molecule has 1 aromatic heterocycles. The number of aromatic amines is 1. The molecule has 0 aliphatic heterocycles. The molecule has 0 unspecified atom stereocenters. The molecule has 0 saturated carbocycles. The van der Waals surface area contributed by atoms with Crippen LogP contribution in [0.15, 0.2) is 18.2 Å². The highest BCUT2D eigenvalue weighted by atomic mass is 16.2. The van der Waals surface area contributed by atoms with Gasteiger partial charge < -0.3 is 9.88 Å². The van der Waals surface area contributed by atoms with Crippen molar-refractivity contribution < 1.29 is 4.79 Å². The van der Waals surface area contributed by atoms with Gasteiger partial charge in [0.15, 0.2) is 0 Å². The van der Waals surface area contributed by atoms with Crippen LogP contribution in [0, 0.1) is 0 Å². The molecule has 2 aromatic rings. The summed E-state index contributed by atoms with van der Waals surface area (Å²) in [6, 6.07) is 6.12. The zero-order valence-electron chi connectivity index (χ0n) is 13.0. The number of carbonyl (C=O) groups is 1. The number of carbonyl (C=O) groups excluding carboxylic acids is 1. The number of hydrogen-bond acceptors (Lipinski definition) is 1. The van der Waals surface area contributed by atoms with E-state index in [9.17, 15) is 4.79 Å².